The van der Waals surface area contributed by atoms with E-state index < -0.39 is 5.97 Å². The summed E-state index contributed by atoms with van der Waals surface area (Å²) in [5.41, 5.74) is 1.14. The van der Waals surface area contributed by atoms with Crippen molar-refractivity contribution in [2.45, 2.75) is 6.92 Å². The van der Waals surface area contributed by atoms with E-state index in [0.29, 0.717) is 5.75 Å². The molecule has 0 aromatic heterocycles. The first kappa shape index (κ1) is 8.59. The predicted octanol–water partition coefficient (Wildman–Crippen LogP) is 1.70. The molecule has 3 nitrogen and oxygen atoms in total. The Morgan fingerprint density at radius 1 is 1.42 bits per heavy atom. The maximum Gasteiger partial charge on any atom is 0.335 e. The topological polar surface area (TPSA) is 46.5 Å². The summed E-state index contributed by atoms with van der Waals surface area (Å²) in [5.74, 6) is -0.357. The van der Waals surface area contributed by atoms with Crippen LogP contribution in [0, 0.1) is 6.92 Å². The predicted molar refractivity (Wildman–Crippen MR) is 44.7 cm³/mol. The van der Waals surface area contributed by atoms with E-state index in [9.17, 15) is 4.79 Å². The van der Waals surface area contributed by atoms with Crippen LogP contribution in [0.15, 0.2) is 18.2 Å². The van der Waals surface area contributed by atoms with Gasteiger partial charge in [-0.15, -0.1) is 0 Å². The van der Waals surface area contributed by atoms with Crippen LogP contribution in [-0.2, 0) is 0 Å². The van der Waals surface area contributed by atoms with Crippen LogP contribution in [0.2, 0.25) is 0 Å². The van der Waals surface area contributed by atoms with Crippen molar-refractivity contribution in [3.8, 4) is 5.75 Å². The third-order valence-electron chi connectivity index (χ3n) is 1.53. The zero-order chi connectivity index (χ0) is 9.14. The molecule has 0 aliphatic heterocycles. The first-order chi connectivity index (χ1) is 5.63. The largest absolute Gasteiger partial charge is 0.497 e. The van der Waals surface area contributed by atoms with Crippen molar-refractivity contribution in [2.24, 2.45) is 0 Å². The second-order valence-corrected chi connectivity index (χ2v) is 2.54. The van der Waals surface area contributed by atoms with Crippen molar-refractivity contribution in [3.05, 3.63) is 29.3 Å². The number of carboxylic acids is 1. The van der Waals surface area contributed by atoms with Crippen LogP contribution in [0.3, 0.4) is 0 Å². The first-order valence-electron chi connectivity index (χ1n) is 3.52. The highest BCUT2D eigenvalue weighted by atomic mass is 16.5. The Bertz CT molecular complexity index is 305. The standard InChI is InChI=1S/C9H10O3/c1-6-3-7(9(10)11)5-8(4-6)12-2/h3-5H,1-2H3,(H,10,11). The van der Waals surface area contributed by atoms with Gasteiger partial charge in [0.1, 0.15) is 5.75 Å². The van der Waals surface area contributed by atoms with Gasteiger partial charge in [0.05, 0.1) is 12.7 Å². The minimum Gasteiger partial charge on any atom is -0.497 e. The Labute approximate surface area is 70.6 Å². The van der Waals surface area contributed by atoms with E-state index in [1.165, 1.54) is 13.2 Å². The summed E-state index contributed by atoms with van der Waals surface area (Å²) < 4.78 is 4.92. The molecule has 1 aromatic rings. The molecule has 0 heterocycles. The van der Waals surface area contributed by atoms with Gasteiger partial charge < -0.3 is 9.84 Å². The maximum atomic E-state index is 10.6. The highest BCUT2D eigenvalue weighted by Gasteiger charge is 2.04. The van der Waals surface area contributed by atoms with E-state index in [4.69, 9.17) is 9.84 Å². The maximum absolute atomic E-state index is 10.6. The molecule has 1 aromatic carbocycles. The molecule has 0 aliphatic rings. The van der Waals surface area contributed by atoms with Gasteiger partial charge >= 0.3 is 5.97 Å². The normalized spacial score (nSPS) is 9.50. The minimum atomic E-state index is -0.933. The van der Waals surface area contributed by atoms with Crippen LogP contribution in [-0.4, -0.2) is 18.2 Å². The Balaban J connectivity index is 3.15. The monoisotopic (exact) mass is 166 g/mol. The molecule has 12 heavy (non-hydrogen) atoms. The number of methoxy groups -OCH3 is 1. The average molecular weight is 166 g/mol. The molecule has 0 aliphatic carbocycles. The lowest BCUT2D eigenvalue weighted by atomic mass is 10.1. The summed E-state index contributed by atoms with van der Waals surface area (Å²) in [7, 11) is 1.51. The van der Waals surface area contributed by atoms with Crippen molar-refractivity contribution in [1.82, 2.24) is 0 Å². The van der Waals surface area contributed by atoms with Crippen molar-refractivity contribution < 1.29 is 14.6 Å². The quantitative estimate of drug-likeness (QED) is 0.727. The number of benzene rings is 1. The molecule has 3 heteroatoms. The van der Waals surface area contributed by atoms with Crippen LogP contribution in [0.1, 0.15) is 15.9 Å². The summed E-state index contributed by atoms with van der Waals surface area (Å²) in [6.07, 6.45) is 0. The lowest BCUT2D eigenvalue weighted by Gasteiger charge is -2.02. The van der Waals surface area contributed by atoms with Gasteiger partial charge in [-0.2, -0.15) is 0 Å². The van der Waals surface area contributed by atoms with Gasteiger partial charge in [0.25, 0.3) is 0 Å². The van der Waals surface area contributed by atoms with Crippen molar-refractivity contribution in [2.75, 3.05) is 7.11 Å². The fourth-order valence-corrected chi connectivity index (χ4v) is 0.989. The zero-order valence-electron chi connectivity index (χ0n) is 7.00. The van der Waals surface area contributed by atoms with Gasteiger partial charge in [-0.05, 0) is 30.7 Å². The third kappa shape index (κ3) is 1.75. The number of aryl methyl sites for hydroxylation is 1. The molecule has 0 radical (unpaired) electrons. The van der Waals surface area contributed by atoms with Gasteiger partial charge in [0.2, 0.25) is 0 Å². The summed E-state index contributed by atoms with van der Waals surface area (Å²) >= 11 is 0. The molecule has 0 saturated heterocycles. The Morgan fingerprint density at radius 2 is 2.08 bits per heavy atom. The Kier molecular flexibility index (Phi) is 2.33. The van der Waals surface area contributed by atoms with E-state index >= 15 is 0 Å². The molecule has 0 atom stereocenters. The van der Waals surface area contributed by atoms with Crippen LogP contribution in [0.25, 0.3) is 0 Å². The minimum absolute atomic E-state index is 0.256. The van der Waals surface area contributed by atoms with E-state index in [2.05, 4.69) is 0 Å². The van der Waals surface area contributed by atoms with Gasteiger partial charge in [-0.25, -0.2) is 4.79 Å². The number of rotatable bonds is 2. The van der Waals surface area contributed by atoms with Crippen molar-refractivity contribution in [1.29, 1.82) is 0 Å². The fraction of sp³-hybridized carbons (Fsp3) is 0.222. The Hall–Kier alpha value is -1.51. The molecule has 0 saturated carbocycles. The first-order valence-corrected chi connectivity index (χ1v) is 3.52. The molecule has 0 spiro atoms. The van der Waals surface area contributed by atoms with E-state index in [-0.39, 0.29) is 5.56 Å². The zero-order valence-corrected chi connectivity index (χ0v) is 7.00. The van der Waals surface area contributed by atoms with Crippen molar-refractivity contribution >= 4 is 5.97 Å². The molecule has 1 N–H and O–H groups in total. The molecular formula is C9H10O3. The van der Waals surface area contributed by atoms with E-state index in [1.54, 1.807) is 12.1 Å². The number of hydrogen-bond donors (Lipinski definition) is 1. The van der Waals surface area contributed by atoms with Crippen LogP contribution in [0.4, 0.5) is 0 Å². The summed E-state index contributed by atoms with van der Waals surface area (Å²) in [6.45, 7) is 1.83. The number of carboxylic acid groups (broad SMARTS) is 1. The van der Waals surface area contributed by atoms with Gasteiger partial charge in [-0.3, -0.25) is 0 Å². The number of carbonyl (C=O) groups is 1. The molecule has 0 unspecified atom stereocenters. The summed E-state index contributed by atoms with van der Waals surface area (Å²) in [4.78, 5) is 10.6. The van der Waals surface area contributed by atoms with Gasteiger partial charge in [0.15, 0.2) is 0 Å². The molecule has 0 bridgehead atoms. The van der Waals surface area contributed by atoms with E-state index in [1.807, 2.05) is 6.92 Å². The third-order valence-corrected chi connectivity index (χ3v) is 1.53. The Morgan fingerprint density at radius 3 is 2.58 bits per heavy atom. The van der Waals surface area contributed by atoms with Gasteiger partial charge in [0, 0.05) is 0 Å². The van der Waals surface area contributed by atoms with Gasteiger partial charge in [-0.1, -0.05) is 0 Å². The second kappa shape index (κ2) is 3.26. The number of aromatic carboxylic acids is 1. The SMILES string of the molecule is COc1cc(C)cc(C(=O)O)c1. The molecule has 1 rings (SSSR count). The fourth-order valence-electron chi connectivity index (χ4n) is 0.989. The van der Waals surface area contributed by atoms with E-state index in [0.717, 1.165) is 5.56 Å². The molecule has 64 valence electrons. The van der Waals surface area contributed by atoms with Crippen LogP contribution < -0.4 is 4.74 Å². The molecular weight excluding hydrogens is 156 g/mol. The smallest absolute Gasteiger partial charge is 0.335 e. The average Bonchev–Trinajstić information content (AvgIpc) is 2.03. The second-order valence-electron chi connectivity index (χ2n) is 2.54. The molecule has 0 amide bonds. The lowest BCUT2D eigenvalue weighted by Crippen LogP contribution is -1.97. The lowest BCUT2D eigenvalue weighted by molar-refractivity contribution is 0.0696. The highest BCUT2D eigenvalue weighted by molar-refractivity contribution is 5.88. The van der Waals surface area contributed by atoms with Crippen LogP contribution >= 0.6 is 0 Å². The summed E-state index contributed by atoms with van der Waals surface area (Å²) in [6, 6.07) is 4.88. The van der Waals surface area contributed by atoms with Crippen molar-refractivity contribution in [3.63, 3.8) is 0 Å². The van der Waals surface area contributed by atoms with Crippen LogP contribution in [0.5, 0.6) is 5.75 Å². The molecule has 0 fully saturated rings. The highest BCUT2D eigenvalue weighted by Crippen LogP contribution is 2.15. The summed E-state index contributed by atoms with van der Waals surface area (Å²) in [5, 5.41) is 8.67. The number of hydrogen-bond acceptors (Lipinski definition) is 2. The number of ether oxygens (including phenoxy) is 1.